The van der Waals surface area contributed by atoms with Crippen LogP contribution in [0, 0.1) is 18.2 Å². The van der Waals surface area contributed by atoms with Gasteiger partial charge in [-0.25, -0.2) is 4.39 Å². The minimum Gasteiger partial charge on any atom is -0.356 e. The number of amides is 1. The summed E-state index contributed by atoms with van der Waals surface area (Å²) in [6, 6.07) is 4.56. The van der Waals surface area contributed by atoms with Crippen molar-refractivity contribution >= 4 is 5.91 Å². The smallest absolute Gasteiger partial charge is 0.221 e. The summed E-state index contributed by atoms with van der Waals surface area (Å²) in [6.07, 6.45) is 1.02. The normalized spacial score (nSPS) is 13.1. The van der Waals surface area contributed by atoms with Gasteiger partial charge in [-0.2, -0.15) is 0 Å². The van der Waals surface area contributed by atoms with E-state index in [0.717, 1.165) is 11.1 Å². The van der Waals surface area contributed by atoms with Gasteiger partial charge in [-0.05, 0) is 42.0 Å². The first-order valence-corrected chi connectivity index (χ1v) is 6.97. The number of carbonyl (C=O) groups is 1. The summed E-state index contributed by atoms with van der Waals surface area (Å²) < 4.78 is 13.0. The molecule has 1 aromatic carbocycles. The van der Waals surface area contributed by atoms with E-state index in [1.807, 2.05) is 27.7 Å². The molecule has 20 heavy (non-hydrogen) atoms. The molecule has 1 aromatic rings. The molecule has 1 rings (SSSR count). The van der Waals surface area contributed by atoms with Crippen LogP contribution in [-0.2, 0) is 11.2 Å². The van der Waals surface area contributed by atoms with Gasteiger partial charge in [0.25, 0.3) is 0 Å². The number of nitrogens with two attached hydrogens (primary N) is 1. The number of halogens is 1. The Morgan fingerprint density at radius 3 is 2.60 bits per heavy atom. The van der Waals surface area contributed by atoms with Crippen LogP contribution in [0.5, 0.6) is 0 Å². The zero-order chi connectivity index (χ0) is 15.3. The fourth-order valence-corrected chi connectivity index (χ4v) is 1.85. The quantitative estimate of drug-likeness (QED) is 0.871. The van der Waals surface area contributed by atoms with Crippen LogP contribution in [-0.4, -0.2) is 18.5 Å². The monoisotopic (exact) mass is 280 g/mol. The highest BCUT2D eigenvalue weighted by Crippen LogP contribution is 2.19. The molecule has 0 fully saturated rings. The summed E-state index contributed by atoms with van der Waals surface area (Å²) >= 11 is 0. The number of nitrogens with one attached hydrogen (secondary N) is 1. The van der Waals surface area contributed by atoms with E-state index in [2.05, 4.69) is 5.32 Å². The summed E-state index contributed by atoms with van der Waals surface area (Å²) in [5.41, 5.74) is 7.85. The molecule has 112 valence electrons. The maximum atomic E-state index is 13.0. The molecule has 4 heteroatoms. The second-order valence-electron chi connectivity index (χ2n) is 6.35. The van der Waals surface area contributed by atoms with Gasteiger partial charge < -0.3 is 11.1 Å². The Kier molecular flexibility index (Phi) is 5.69. The van der Waals surface area contributed by atoms with Crippen molar-refractivity contribution in [2.45, 2.75) is 46.6 Å². The predicted molar refractivity (Wildman–Crippen MR) is 79.9 cm³/mol. The standard InChI is InChI=1S/C16H25FN2O/c1-11-9-13(17)6-5-12(11)7-8-19-15(20)10-14(18)16(2,3)4/h5-6,9,14H,7-8,10,18H2,1-4H3,(H,19,20). The van der Waals surface area contributed by atoms with Gasteiger partial charge in [-0.3, -0.25) is 4.79 Å². The highest BCUT2D eigenvalue weighted by atomic mass is 19.1. The second-order valence-corrected chi connectivity index (χ2v) is 6.35. The molecule has 0 saturated carbocycles. The molecule has 3 nitrogen and oxygen atoms in total. The Balaban J connectivity index is 2.39. The van der Waals surface area contributed by atoms with E-state index in [9.17, 15) is 9.18 Å². The number of aryl methyl sites for hydroxylation is 1. The van der Waals surface area contributed by atoms with E-state index in [0.29, 0.717) is 19.4 Å². The summed E-state index contributed by atoms with van der Waals surface area (Å²) in [7, 11) is 0. The van der Waals surface area contributed by atoms with E-state index in [1.165, 1.54) is 12.1 Å². The van der Waals surface area contributed by atoms with E-state index in [4.69, 9.17) is 5.73 Å². The third-order valence-corrected chi connectivity index (χ3v) is 3.54. The first-order chi connectivity index (χ1) is 9.20. The molecule has 1 amide bonds. The summed E-state index contributed by atoms with van der Waals surface area (Å²) in [6.45, 7) is 8.48. The molecule has 0 aliphatic rings. The van der Waals surface area contributed by atoms with E-state index >= 15 is 0 Å². The van der Waals surface area contributed by atoms with Gasteiger partial charge in [0.05, 0.1) is 0 Å². The summed E-state index contributed by atoms with van der Waals surface area (Å²) in [5.74, 6) is -0.265. The van der Waals surface area contributed by atoms with Crippen molar-refractivity contribution in [1.82, 2.24) is 5.32 Å². The Labute approximate surface area is 120 Å². The average molecular weight is 280 g/mol. The molecule has 0 radical (unpaired) electrons. The van der Waals surface area contributed by atoms with Gasteiger partial charge in [0, 0.05) is 19.0 Å². The first kappa shape index (κ1) is 16.6. The molecule has 1 unspecified atom stereocenters. The molecule has 0 aromatic heterocycles. The van der Waals surface area contributed by atoms with E-state index in [-0.39, 0.29) is 23.2 Å². The fraction of sp³-hybridized carbons (Fsp3) is 0.562. The van der Waals surface area contributed by atoms with Crippen molar-refractivity contribution in [3.05, 3.63) is 35.1 Å². The van der Waals surface area contributed by atoms with Crippen molar-refractivity contribution in [2.75, 3.05) is 6.54 Å². The van der Waals surface area contributed by atoms with Crippen LogP contribution < -0.4 is 11.1 Å². The van der Waals surface area contributed by atoms with Gasteiger partial charge >= 0.3 is 0 Å². The van der Waals surface area contributed by atoms with Gasteiger partial charge in [0.15, 0.2) is 0 Å². The van der Waals surface area contributed by atoms with Gasteiger partial charge in [0.1, 0.15) is 5.82 Å². The Morgan fingerprint density at radius 2 is 2.05 bits per heavy atom. The van der Waals surface area contributed by atoms with Crippen molar-refractivity contribution < 1.29 is 9.18 Å². The number of hydrogen-bond acceptors (Lipinski definition) is 2. The van der Waals surface area contributed by atoms with Crippen LogP contribution in [0.3, 0.4) is 0 Å². The maximum Gasteiger partial charge on any atom is 0.221 e. The SMILES string of the molecule is Cc1cc(F)ccc1CCNC(=O)CC(N)C(C)(C)C. The Bertz CT molecular complexity index is 466. The molecule has 0 bridgehead atoms. The lowest BCUT2D eigenvalue weighted by atomic mass is 9.85. The van der Waals surface area contributed by atoms with Crippen LogP contribution in [0.4, 0.5) is 4.39 Å². The third kappa shape index (κ3) is 5.29. The zero-order valence-electron chi connectivity index (χ0n) is 12.8. The van der Waals surface area contributed by atoms with Crippen LogP contribution in [0.2, 0.25) is 0 Å². The van der Waals surface area contributed by atoms with Crippen LogP contribution in [0.25, 0.3) is 0 Å². The summed E-state index contributed by atoms with van der Waals surface area (Å²) in [4.78, 5) is 11.8. The molecule has 0 spiro atoms. The molecular weight excluding hydrogens is 255 g/mol. The van der Waals surface area contributed by atoms with E-state index < -0.39 is 0 Å². The lowest BCUT2D eigenvalue weighted by Crippen LogP contribution is -2.40. The molecule has 1 atom stereocenters. The predicted octanol–water partition coefficient (Wildman–Crippen LogP) is 2.56. The lowest BCUT2D eigenvalue weighted by molar-refractivity contribution is -0.121. The molecular formula is C16H25FN2O. The topological polar surface area (TPSA) is 55.1 Å². The minimum absolute atomic E-state index is 0.0350. The van der Waals surface area contributed by atoms with Crippen LogP contribution >= 0.6 is 0 Å². The first-order valence-electron chi connectivity index (χ1n) is 6.97. The number of hydrogen-bond donors (Lipinski definition) is 2. The lowest BCUT2D eigenvalue weighted by Gasteiger charge is -2.26. The third-order valence-electron chi connectivity index (χ3n) is 3.54. The minimum atomic E-state index is -0.230. The highest BCUT2D eigenvalue weighted by Gasteiger charge is 2.22. The molecule has 0 saturated heterocycles. The van der Waals surface area contributed by atoms with Gasteiger partial charge in [-0.15, -0.1) is 0 Å². The number of carbonyl (C=O) groups excluding carboxylic acids is 1. The molecule has 3 N–H and O–H groups in total. The molecule has 0 aliphatic heterocycles. The molecule has 0 aliphatic carbocycles. The van der Waals surface area contributed by atoms with Crippen molar-refractivity contribution in [1.29, 1.82) is 0 Å². The fourth-order valence-electron chi connectivity index (χ4n) is 1.85. The number of benzene rings is 1. The number of rotatable bonds is 5. The van der Waals surface area contributed by atoms with Gasteiger partial charge in [0.2, 0.25) is 5.91 Å². The van der Waals surface area contributed by atoms with E-state index in [1.54, 1.807) is 6.07 Å². The van der Waals surface area contributed by atoms with Gasteiger partial charge in [-0.1, -0.05) is 26.8 Å². The largest absolute Gasteiger partial charge is 0.356 e. The van der Waals surface area contributed by atoms with Crippen LogP contribution in [0.1, 0.15) is 38.3 Å². The molecule has 0 heterocycles. The highest BCUT2D eigenvalue weighted by molar-refractivity contribution is 5.76. The Hall–Kier alpha value is -1.42. The van der Waals surface area contributed by atoms with Crippen molar-refractivity contribution in [3.8, 4) is 0 Å². The Morgan fingerprint density at radius 1 is 1.40 bits per heavy atom. The van der Waals surface area contributed by atoms with Crippen LogP contribution in [0.15, 0.2) is 18.2 Å². The second kappa shape index (κ2) is 6.84. The van der Waals surface area contributed by atoms with Crippen molar-refractivity contribution in [3.63, 3.8) is 0 Å². The average Bonchev–Trinajstić information content (AvgIpc) is 2.30. The zero-order valence-corrected chi connectivity index (χ0v) is 12.8. The maximum absolute atomic E-state index is 13.0. The summed E-state index contributed by atoms with van der Waals surface area (Å²) in [5, 5.41) is 2.86. The van der Waals surface area contributed by atoms with Crippen molar-refractivity contribution in [2.24, 2.45) is 11.1 Å².